The van der Waals surface area contributed by atoms with E-state index in [1.54, 1.807) is 19.2 Å². The lowest BCUT2D eigenvalue weighted by Gasteiger charge is -2.06. The summed E-state index contributed by atoms with van der Waals surface area (Å²) in [5.41, 5.74) is 4.04. The van der Waals surface area contributed by atoms with Crippen LogP contribution in [0.15, 0.2) is 59.4 Å². The van der Waals surface area contributed by atoms with Gasteiger partial charge in [0, 0.05) is 17.2 Å². The molecule has 28 heavy (non-hydrogen) atoms. The molecule has 4 rings (SSSR count). The van der Waals surface area contributed by atoms with Crippen LogP contribution in [0.2, 0.25) is 0 Å². The normalized spacial score (nSPS) is 10.9. The average Bonchev–Trinajstić information content (AvgIpc) is 3.05. The Morgan fingerprint density at radius 2 is 1.86 bits per heavy atom. The Morgan fingerprint density at radius 1 is 1.14 bits per heavy atom. The number of hydrogen-bond donors (Lipinski definition) is 2. The molecule has 7 heteroatoms. The highest BCUT2D eigenvalue weighted by atomic mass is 16.5. The number of benzene rings is 2. The number of nitrogens with one attached hydrogen (secondary N) is 1. The Hall–Kier alpha value is -3.87. The number of nitrogens with zero attached hydrogens (tertiary/aromatic N) is 2. The van der Waals surface area contributed by atoms with Crippen LogP contribution in [0.4, 0.5) is 0 Å². The van der Waals surface area contributed by atoms with E-state index in [4.69, 9.17) is 9.84 Å². The number of methoxy groups -OCH3 is 1. The fourth-order valence-electron chi connectivity index (χ4n) is 3.19. The van der Waals surface area contributed by atoms with Crippen LogP contribution in [-0.2, 0) is 0 Å². The van der Waals surface area contributed by atoms with Crippen molar-refractivity contribution in [2.75, 3.05) is 7.11 Å². The Balaban J connectivity index is 1.88. The lowest BCUT2D eigenvalue weighted by molar-refractivity contribution is 0.0697. The molecule has 0 saturated heterocycles. The second-order valence-corrected chi connectivity index (χ2v) is 6.34. The maximum absolute atomic E-state index is 12.7. The lowest BCUT2D eigenvalue weighted by Crippen LogP contribution is -2.14. The third-order valence-corrected chi connectivity index (χ3v) is 4.66. The fraction of sp³-hybridized carbons (Fsp3) is 0.0952. The lowest BCUT2D eigenvalue weighted by atomic mass is 10.1. The molecule has 0 bridgehead atoms. The van der Waals surface area contributed by atoms with Gasteiger partial charge in [0.1, 0.15) is 17.1 Å². The fourth-order valence-corrected chi connectivity index (χ4v) is 3.19. The van der Waals surface area contributed by atoms with Gasteiger partial charge in [0.15, 0.2) is 0 Å². The molecule has 7 nitrogen and oxygen atoms in total. The van der Waals surface area contributed by atoms with Crippen LogP contribution in [0.3, 0.4) is 0 Å². The number of carbonyl (C=O) groups is 1. The number of carboxylic acid groups (broad SMARTS) is 1. The van der Waals surface area contributed by atoms with Gasteiger partial charge in [0.25, 0.3) is 5.56 Å². The quantitative estimate of drug-likeness (QED) is 0.570. The van der Waals surface area contributed by atoms with Gasteiger partial charge in [-0.25, -0.2) is 4.79 Å². The van der Waals surface area contributed by atoms with Crippen molar-refractivity contribution in [3.63, 3.8) is 0 Å². The molecule has 140 valence electrons. The smallest absolute Gasteiger partial charge is 0.335 e. The van der Waals surface area contributed by atoms with Gasteiger partial charge in [-0.1, -0.05) is 24.3 Å². The molecule has 0 radical (unpaired) electrons. The monoisotopic (exact) mass is 375 g/mol. The van der Waals surface area contributed by atoms with Crippen LogP contribution >= 0.6 is 0 Å². The summed E-state index contributed by atoms with van der Waals surface area (Å²) in [5.74, 6) is -0.325. The van der Waals surface area contributed by atoms with Crippen LogP contribution in [-0.4, -0.2) is 32.8 Å². The molecule has 0 atom stereocenters. The number of rotatable bonds is 4. The van der Waals surface area contributed by atoms with E-state index in [0.29, 0.717) is 28.3 Å². The zero-order chi connectivity index (χ0) is 19.8. The van der Waals surface area contributed by atoms with E-state index in [1.807, 2.05) is 31.2 Å². The Bertz CT molecular complexity index is 1250. The Labute approximate surface area is 159 Å². The summed E-state index contributed by atoms with van der Waals surface area (Å²) in [5, 5.41) is 13.5. The molecule has 2 aromatic carbocycles. The molecule has 2 N–H and O–H groups in total. The van der Waals surface area contributed by atoms with E-state index >= 15 is 0 Å². The van der Waals surface area contributed by atoms with Gasteiger partial charge >= 0.3 is 5.97 Å². The number of aryl methyl sites for hydroxylation is 1. The largest absolute Gasteiger partial charge is 0.496 e. The van der Waals surface area contributed by atoms with Gasteiger partial charge in [-0.15, -0.1) is 0 Å². The first-order chi connectivity index (χ1) is 13.5. The van der Waals surface area contributed by atoms with Gasteiger partial charge in [-0.2, -0.15) is 9.61 Å². The number of aromatic amines is 1. The maximum atomic E-state index is 12.7. The van der Waals surface area contributed by atoms with E-state index in [2.05, 4.69) is 10.1 Å². The van der Waals surface area contributed by atoms with Crippen molar-refractivity contribution in [3.05, 3.63) is 76.1 Å². The van der Waals surface area contributed by atoms with E-state index in [0.717, 1.165) is 11.1 Å². The SMILES string of the molecule is COc1ccccc1-c1nn2c(=O)cc(-c3ccc(C(=O)O)cc3)[nH]c2c1C. The Morgan fingerprint density at radius 3 is 2.54 bits per heavy atom. The first-order valence-corrected chi connectivity index (χ1v) is 8.59. The number of aromatic nitrogens is 3. The number of hydrogen-bond acceptors (Lipinski definition) is 4. The van der Waals surface area contributed by atoms with Crippen LogP contribution in [0.1, 0.15) is 15.9 Å². The molecule has 0 spiro atoms. The minimum atomic E-state index is -0.997. The zero-order valence-corrected chi connectivity index (χ0v) is 15.3. The van der Waals surface area contributed by atoms with E-state index in [9.17, 15) is 9.59 Å². The van der Waals surface area contributed by atoms with Gasteiger partial charge in [0.2, 0.25) is 0 Å². The third kappa shape index (κ3) is 2.83. The van der Waals surface area contributed by atoms with Crippen molar-refractivity contribution in [3.8, 4) is 28.3 Å². The van der Waals surface area contributed by atoms with Crippen molar-refractivity contribution < 1.29 is 14.6 Å². The van der Waals surface area contributed by atoms with Gasteiger partial charge in [-0.05, 0) is 36.8 Å². The molecule has 2 heterocycles. The van der Waals surface area contributed by atoms with Crippen molar-refractivity contribution in [1.82, 2.24) is 14.6 Å². The zero-order valence-electron chi connectivity index (χ0n) is 15.3. The molecular formula is C21H17N3O4. The first-order valence-electron chi connectivity index (χ1n) is 8.59. The number of aromatic carboxylic acids is 1. The highest BCUT2D eigenvalue weighted by molar-refractivity contribution is 5.88. The van der Waals surface area contributed by atoms with Crippen molar-refractivity contribution >= 4 is 11.6 Å². The van der Waals surface area contributed by atoms with Crippen LogP contribution in [0.25, 0.3) is 28.2 Å². The molecule has 2 aromatic heterocycles. The molecule has 0 aliphatic carbocycles. The summed E-state index contributed by atoms with van der Waals surface area (Å²) >= 11 is 0. The maximum Gasteiger partial charge on any atom is 0.335 e. The average molecular weight is 375 g/mol. The van der Waals surface area contributed by atoms with Gasteiger partial charge < -0.3 is 14.8 Å². The number of ether oxygens (including phenoxy) is 1. The molecule has 0 aliphatic heterocycles. The summed E-state index contributed by atoms with van der Waals surface area (Å²) in [6.07, 6.45) is 0. The number of para-hydroxylation sites is 1. The van der Waals surface area contributed by atoms with Crippen LogP contribution in [0, 0.1) is 6.92 Å². The molecule has 0 aliphatic rings. The summed E-state index contributed by atoms with van der Waals surface area (Å²) in [4.78, 5) is 26.9. The van der Waals surface area contributed by atoms with E-state index in [-0.39, 0.29) is 11.1 Å². The highest BCUT2D eigenvalue weighted by Crippen LogP contribution is 2.32. The molecule has 0 amide bonds. The highest BCUT2D eigenvalue weighted by Gasteiger charge is 2.17. The molecule has 0 saturated carbocycles. The first kappa shape index (κ1) is 17.5. The minimum absolute atomic E-state index is 0.186. The van der Waals surface area contributed by atoms with E-state index in [1.165, 1.54) is 22.7 Å². The second-order valence-electron chi connectivity index (χ2n) is 6.34. The number of H-pyrrole nitrogens is 1. The van der Waals surface area contributed by atoms with Crippen molar-refractivity contribution in [2.24, 2.45) is 0 Å². The van der Waals surface area contributed by atoms with E-state index < -0.39 is 5.97 Å². The standard InChI is InChI=1S/C21H17N3O4/c1-12-19(15-5-3-4-6-17(15)28-2)23-24-18(25)11-16(22-20(12)24)13-7-9-14(10-8-13)21(26)27/h3-11,22H,1-2H3,(H,26,27). The molecule has 0 unspecified atom stereocenters. The topological polar surface area (TPSA) is 96.7 Å². The molecule has 0 fully saturated rings. The predicted octanol–water partition coefficient (Wildman–Crippen LogP) is 3.37. The summed E-state index contributed by atoms with van der Waals surface area (Å²) in [6.45, 7) is 1.89. The molecular weight excluding hydrogens is 358 g/mol. The summed E-state index contributed by atoms with van der Waals surface area (Å²) in [7, 11) is 1.59. The molecule has 4 aromatic rings. The number of carboxylic acids is 1. The Kier molecular flexibility index (Phi) is 4.19. The summed E-state index contributed by atoms with van der Waals surface area (Å²) in [6, 6.07) is 15.3. The van der Waals surface area contributed by atoms with Gasteiger partial charge in [-0.3, -0.25) is 4.79 Å². The van der Waals surface area contributed by atoms with Crippen LogP contribution < -0.4 is 10.3 Å². The van der Waals surface area contributed by atoms with Crippen molar-refractivity contribution in [1.29, 1.82) is 0 Å². The minimum Gasteiger partial charge on any atom is -0.496 e. The third-order valence-electron chi connectivity index (χ3n) is 4.66. The van der Waals surface area contributed by atoms with Crippen molar-refractivity contribution in [2.45, 2.75) is 6.92 Å². The summed E-state index contributed by atoms with van der Waals surface area (Å²) < 4.78 is 6.74. The second kappa shape index (κ2) is 6.70. The number of fused-ring (bicyclic) bond motifs is 1. The van der Waals surface area contributed by atoms with Gasteiger partial charge in [0.05, 0.1) is 18.4 Å². The predicted molar refractivity (Wildman–Crippen MR) is 105 cm³/mol. The van der Waals surface area contributed by atoms with Crippen LogP contribution in [0.5, 0.6) is 5.75 Å².